The first-order valence-corrected chi connectivity index (χ1v) is 11.2. The van der Waals surface area contributed by atoms with Gasteiger partial charge in [0.2, 0.25) is 5.91 Å². The van der Waals surface area contributed by atoms with E-state index < -0.39 is 18.2 Å². The Morgan fingerprint density at radius 1 is 0.892 bits per heavy atom. The normalized spacial score (nSPS) is 11.7. The van der Waals surface area contributed by atoms with Crippen LogP contribution in [0.1, 0.15) is 11.6 Å². The second-order valence-corrected chi connectivity index (χ2v) is 8.42. The fraction of sp³-hybridized carbons (Fsp3) is 0.0800. The summed E-state index contributed by atoms with van der Waals surface area (Å²) < 4.78 is 33.5. The van der Waals surface area contributed by atoms with Crippen molar-refractivity contribution in [3.05, 3.63) is 101 Å². The Morgan fingerprint density at radius 2 is 1.41 bits per heavy atom. The van der Waals surface area contributed by atoms with E-state index in [1.54, 1.807) is 35.1 Å². The molecule has 12 heteroatoms. The highest BCUT2D eigenvalue weighted by Crippen LogP contribution is 2.24. The van der Waals surface area contributed by atoms with E-state index in [9.17, 15) is 18.0 Å². The molecular weight excluding hydrogens is 532 g/mol. The number of aromatic nitrogens is 2. The Bertz CT molecular complexity index is 1360. The number of alkyl halides is 3. The van der Waals surface area contributed by atoms with Crippen LogP contribution in [-0.4, -0.2) is 32.9 Å². The molecule has 0 aliphatic rings. The summed E-state index contributed by atoms with van der Waals surface area (Å²) in [5.74, 6) is -3.05. The van der Waals surface area contributed by atoms with Crippen LogP contribution in [0.4, 0.5) is 18.9 Å². The van der Waals surface area contributed by atoms with Crippen molar-refractivity contribution in [2.24, 2.45) is 5.73 Å². The van der Waals surface area contributed by atoms with Gasteiger partial charge in [0.15, 0.2) is 0 Å². The van der Waals surface area contributed by atoms with Crippen molar-refractivity contribution in [2.75, 3.05) is 5.32 Å². The van der Waals surface area contributed by atoms with E-state index in [0.717, 1.165) is 16.8 Å². The SMILES string of the molecule is NC(C(=O)Nc1ccc(-c2cnn(-c3ccc(Cl)cc3)c2)cc1)c1ccc(Cl)cc1.O=C(O)C(F)(F)F. The van der Waals surface area contributed by atoms with Gasteiger partial charge in [-0.05, 0) is 59.7 Å². The number of halogens is 5. The third-order valence-corrected chi connectivity index (χ3v) is 5.42. The predicted molar refractivity (Wildman–Crippen MR) is 135 cm³/mol. The molecule has 0 bridgehead atoms. The number of carboxylic acids is 1. The van der Waals surface area contributed by atoms with Gasteiger partial charge in [0.1, 0.15) is 6.04 Å². The molecule has 1 unspecified atom stereocenters. The third-order valence-electron chi connectivity index (χ3n) is 4.91. The standard InChI is InChI=1S/C23H18Cl2N4O.C2HF3O2/c24-18-5-1-16(2-6-18)22(26)23(30)28-20-9-3-15(4-10-20)17-13-27-29(14-17)21-11-7-19(25)8-12-21;3-2(4,5)1(6)7/h1-14,22H,26H2,(H,28,30);(H,6,7). The maximum Gasteiger partial charge on any atom is 0.490 e. The van der Waals surface area contributed by atoms with Gasteiger partial charge in [-0.15, -0.1) is 0 Å². The highest BCUT2D eigenvalue weighted by atomic mass is 35.5. The van der Waals surface area contributed by atoms with Gasteiger partial charge in [0, 0.05) is 27.5 Å². The van der Waals surface area contributed by atoms with Crippen molar-refractivity contribution in [3.63, 3.8) is 0 Å². The van der Waals surface area contributed by atoms with E-state index in [2.05, 4.69) is 10.4 Å². The molecule has 37 heavy (non-hydrogen) atoms. The Hall–Kier alpha value is -3.86. The lowest BCUT2D eigenvalue weighted by molar-refractivity contribution is -0.192. The van der Waals surface area contributed by atoms with Gasteiger partial charge < -0.3 is 16.2 Å². The molecule has 1 heterocycles. The second kappa shape index (κ2) is 11.9. The van der Waals surface area contributed by atoms with E-state index >= 15 is 0 Å². The first-order valence-electron chi connectivity index (χ1n) is 10.5. The Balaban J connectivity index is 0.000000479. The van der Waals surface area contributed by atoms with Gasteiger partial charge >= 0.3 is 12.1 Å². The monoisotopic (exact) mass is 550 g/mol. The molecule has 0 fully saturated rings. The van der Waals surface area contributed by atoms with Crippen LogP contribution in [0.3, 0.4) is 0 Å². The van der Waals surface area contributed by atoms with Crippen molar-refractivity contribution in [1.29, 1.82) is 0 Å². The van der Waals surface area contributed by atoms with Gasteiger partial charge in [-0.3, -0.25) is 4.79 Å². The van der Waals surface area contributed by atoms with Crippen LogP contribution in [-0.2, 0) is 9.59 Å². The smallest absolute Gasteiger partial charge is 0.475 e. The third kappa shape index (κ3) is 7.81. The summed E-state index contributed by atoms with van der Waals surface area (Å²) in [4.78, 5) is 21.3. The molecular formula is C25H19Cl2F3N4O3. The van der Waals surface area contributed by atoms with Crippen LogP contribution < -0.4 is 11.1 Å². The zero-order valence-electron chi connectivity index (χ0n) is 18.8. The minimum absolute atomic E-state index is 0.291. The van der Waals surface area contributed by atoms with Crippen molar-refractivity contribution in [2.45, 2.75) is 12.2 Å². The van der Waals surface area contributed by atoms with E-state index in [4.69, 9.17) is 38.8 Å². The molecule has 0 saturated heterocycles. The first kappa shape index (κ1) is 27.7. The molecule has 4 N–H and O–H groups in total. The van der Waals surface area contributed by atoms with Crippen molar-refractivity contribution < 1.29 is 27.9 Å². The Labute approximate surface area is 219 Å². The zero-order chi connectivity index (χ0) is 27.2. The van der Waals surface area contributed by atoms with E-state index in [1.165, 1.54) is 0 Å². The van der Waals surface area contributed by atoms with Crippen molar-refractivity contribution >= 4 is 40.8 Å². The number of carboxylic acid groups (broad SMARTS) is 1. The highest BCUT2D eigenvalue weighted by Gasteiger charge is 2.38. The molecule has 3 aromatic carbocycles. The number of benzene rings is 3. The van der Waals surface area contributed by atoms with Gasteiger partial charge in [-0.1, -0.05) is 47.5 Å². The molecule has 7 nitrogen and oxygen atoms in total. The molecule has 0 radical (unpaired) electrons. The number of nitrogens with two attached hydrogens (primary N) is 1. The second-order valence-electron chi connectivity index (χ2n) is 7.55. The fourth-order valence-electron chi connectivity index (χ4n) is 2.99. The predicted octanol–water partition coefficient (Wildman–Crippen LogP) is 6.12. The number of nitrogens with zero attached hydrogens (tertiary/aromatic N) is 2. The Kier molecular flexibility index (Phi) is 8.93. The summed E-state index contributed by atoms with van der Waals surface area (Å²) in [6.07, 6.45) is -1.36. The molecule has 0 aliphatic heterocycles. The highest BCUT2D eigenvalue weighted by molar-refractivity contribution is 6.30. The largest absolute Gasteiger partial charge is 0.490 e. The number of carbonyl (C=O) groups excluding carboxylic acids is 1. The maximum absolute atomic E-state index is 12.4. The zero-order valence-corrected chi connectivity index (χ0v) is 20.3. The molecule has 4 aromatic rings. The summed E-state index contributed by atoms with van der Waals surface area (Å²) in [5, 5.41) is 15.6. The lowest BCUT2D eigenvalue weighted by atomic mass is 10.1. The number of rotatable bonds is 5. The molecule has 192 valence electrons. The van der Waals surface area contributed by atoms with Crippen LogP contribution in [0, 0.1) is 0 Å². The number of carbonyl (C=O) groups is 2. The van der Waals surface area contributed by atoms with Crippen LogP contribution in [0.25, 0.3) is 16.8 Å². The summed E-state index contributed by atoms with van der Waals surface area (Å²) in [7, 11) is 0. The molecule has 1 amide bonds. The summed E-state index contributed by atoms with van der Waals surface area (Å²) >= 11 is 11.8. The topological polar surface area (TPSA) is 110 Å². The maximum atomic E-state index is 12.4. The van der Waals surface area contributed by atoms with Crippen molar-refractivity contribution in [1.82, 2.24) is 9.78 Å². The number of amides is 1. The lowest BCUT2D eigenvalue weighted by Crippen LogP contribution is -2.27. The fourth-order valence-corrected chi connectivity index (χ4v) is 3.25. The average molecular weight is 551 g/mol. The summed E-state index contributed by atoms with van der Waals surface area (Å²) in [6, 6.07) is 21.1. The molecule has 4 rings (SSSR count). The summed E-state index contributed by atoms with van der Waals surface area (Å²) in [6.45, 7) is 0. The van der Waals surface area contributed by atoms with Gasteiger partial charge in [0.05, 0.1) is 11.9 Å². The lowest BCUT2D eigenvalue weighted by Gasteiger charge is -2.13. The van der Waals surface area contributed by atoms with Crippen molar-refractivity contribution in [3.8, 4) is 16.8 Å². The molecule has 0 spiro atoms. The van der Waals surface area contributed by atoms with E-state index in [1.807, 2.05) is 54.7 Å². The molecule has 1 atom stereocenters. The molecule has 0 aliphatic carbocycles. The number of hydrogen-bond donors (Lipinski definition) is 3. The molecule has 1 aromatic heterocycles. The van der Waals surface area contributed by atoms with Gasteiger partial charge in [0.25, 0.3) is 0 Å². The number of aliphatic carboxylic acids is 1. The first-order chi connectivity index (χ1) is 17.4. The quantitative estimate of drug-likeness (QED) is 0.277. The Morgan fingerprint density at radius 3 is 1.92 bits per heavy atom. The van der Waals surface area contributed by atoms with Crippen LogP contribution in [0.5, 0.6) is 0 Å². The van der Waals surface area contributed by atoms with Gasteiger partial charge in [-0.25, -0.2) is 9.48 Å². The number of hydrogen-bond acceptors (Lipinski definition) is 4. The number of nitrogens with one attached hydrogen (secondary N) is 1. The van der Waals surface area contributed by atoms with Gasteiger partial charge in [-0.2, -0.15) is 18.3 Å². The van der Waals surface area contributed by atoms with Crippen LogP contribution in [0.2, 0.25) is 10.0 Å². The van der Waals surface area contributed by atoms with Crippen LogP contribution in [0.15, 0.2) is 85.2 Å². The minimum atomic E-state index is -5.08. The van der Waals surface area contributed by atoms with E-state index in [-0.39, 0.29) is 5.91 Å². The van der Waals surface area contributed by atoms with Crippen LogP contribution >= 0.6 is 23.2 Å². The van der Waals surface area contributed by atoms with E-state index in [0.29, 0.717) is 21.3 Å². The number of anilines is 1. The summed E-state index contributed by atoms with van der Waals surface area (Å²) in [5.41, 5.74) is 10.3. The minimum Gasteiger partial charge on any atom is -0.475 e. The average Bonchev–Trinajstić information content (AvgIpc) is 3.35. The molecule has 0 saturated carbocycles.